The molecule has 5 rings (SSSR count). The van der Waals surface area contributed by atoms with E-state index < -0.39 is 0 Å². The molecule has 2 aromatic carbocycles. The second kappa shape index (κ2) is 10.7. The number of amides is 2. The van der Waals surface area contributed by atoms with Crippen LogP contribution in [0, 0.1) is 5.41 Å². The quantitative estimate of drug-likeness (QED) is 0.429. The maximum absolute atomic E-state index is 13.4. The predicted octanol–water partition coefficient (Wildman–Crippen LogP) is 4.76. The number of hydrogen-bond acceptors (Lipinski definition) is 5. The van der Waals surface area contributed by atoms with Crippen LogP contribution in [0.15, 0.2) is 48.0 Å². The van der Waals surface area contributed by atoms with Crippen LogP contribution in [-0.4, -0.2) is 73.7 Å². The number of carbonyl (C=O) groups excluding carboxylic acids is 2. The molecule has 1 spiro atoms. The Kier molecular flexibility index (Phi) is 7.30. The Hall–Kier alpha value is -3.94. The van der Waals surface area contributed by atoms with Crippen LogP contribution < -0.4 is 14.2 Å². The van der Waals surface area contributed by atoms with E-state index in [9.17, 15) is 9.59 Å². The molecule has 39 heavy (non-hydrogen) atoms. The van der Waals surface area contributed by atoms with E-state index in [4.69, 9.17) is 14.2 Å². The number of aryl methyl sites for hydroxylation is 1. The summed E-state index contributed by atoms with van der Waals surface area (Å²) in [6.45, 7) is 4.70. The first kappa shape index (κ1) is 26.7. The molecule has 8 nitrogen and oxygen atoms in total. The molecule has 0 bridgehead atoms. The monoisotopic (exact) mass is 531 g/mol. The number of piperidine rings is 1. The van der Waals surface area contributed by atoms with E-state index in [1.165, 1.54) is 0 Å². The highest BCUT2D eigenvalue weighted by atomic mass is 16.5. The summed E-state index contributed by atoms with van der Waals surface area (Å²) in [6, 6.07) is 13.6. The van der Waals surface area contributed by atoms with Crippen molar-refractivity contribution in [2.75, 3.05) is 47.5 Å². The molecular weight excluding hydrogens is 494 g/mol. The average molecular weight is 532 g/mol. The lowest BCUT2D eigenvalue weighted by Gasteiger charge is -2.39. The first-order valence-corrected chi connectivity index (χ1v) is 13.4. The lowest BCUT2D eigenvalue weighted by molar-refractivity contribution is -0.126. The van der Waals surface area contributed by atoms with Gasteiger partial charge in [-0.05, 0) is 55.9 Å². The van der Waals surface area contributed by atoms with Crippen LogP contribution in [0.25, 0.3) is 17.0 Å². The Morgan fingerprint density at radius 2 is 1.46 bits per heavy atom. The zero-order valence-corrected chi connectivity index (χ0v) is 23.5. The molecule has 0 unspecified atom stereocenters. The van der Waals surface area contributed by atoms with Gasteiger partial charge in [-0.3, -0.25) is 9.59 Å². The van der Waals surface area contributed by atoms with E-state index in [-0.39, 0.29) is 17.2 Å². The van der Waals surface area contributed by atoms with Crippen molar-refractivity contribution in [3.05, 3.63) is 59.3 Å². The molecule has 2 aliphatic rings. The first-order valence-electron chi connectivity index (χ1n) is 13.4. The Labute approximate surface area is 229 Å². The molecule has 2 fully saturated rings. The van der Waals surface area contributed by atoms with Gasteiger partial charge in [0, 0.05) is 61.3 Å². The molecule has 1 aromatic heterocycles. The highest BCUT2D eigenvalue weighted by Gasteiger charge is 2.43. The summed E-state index contributed by atoms with van der Waals surface area (Å²) in [5, 5.41) is 1.08. The topological polar surface area (TPSA) is 73.2 Å². The lowest BCUT2D eigenvalue weighted by Crippen LogP contribution is -2.45. The van der Waals surface area contributed by atoms with Gasteiger partial charge in [0.15, 0.2) is 11.5 Å². The standard InChI is InChI=1S/C31H37N3O5/c1-21(16-23-18-27(38-4)28(39-5)19-26(23)37-3)29(35)34-15-12-31(20-34)10-13-33(14-11-31)30(36)25-17-22-8-6-7-9-24(22)32(25)2/h6-9,16-19H,10-15,20H2,1-5H3. The number of fused-ring (bicyclic) bond motifs is 1. The summed E-state index contributed by atoms with van der Waals surface area (Å²) in [5.41, 5.74) is 3.25. The van der Waals surface area contributed by atoms with Crippen LogP contribution in [0.4, 0.5) is 0 Å². The van der Waals surface area contributed by atoms with Crippen molar-refractivity contribution in [1.29, 1.82) is 0 Å². The summed E-state index contributed by atoms with van der Waals surface area (Å²) >= 11 is 0. The van der Waals surface area contributed by atoms with Crippen LogP contribution in [0.2, 0.25) is 0 Å². The molecule has 0 saturated carbocycles. The van der Waals surface area contributed by atoms with Crippen LogP contribution >= 0.6 is 0 Å². The van der Waals surface area contributed by atoms with Gasteiger partial charge >= 0.3 is 0 Å². The number of para-hydroxylation sites is 1. The van der Waals surface area contributed by atoms with Crippen LogP contribution in [0.5, 0.6) is 17.2 Å². The smallest absolute Gasteiger partial charge is 0.270 e. The van der Waals surface area contributed by atoms with Crippen molar-refractivity contribution in [3.8, 4) is 17.2 Å². The number of nitrogens with zero attached hydrogens (tertiary/aromatic N) is 3. The predicted molar refractivity (Wildman–Crippen MR) is 151 cm³/mol. The van der Waals surface area contributed by atoms with E-state index in [1.54, 1.807) is 27.4 Å². The van der Waals surface area contributed by atoms with Crippen molar-refractivity contribution in [2.45, 2.75) is 26.2 Å². The molecule has 2 amide bonds. The fourth-order valence-electron chi connectivity index (χ4n) is 6.07. The second-order valence-corrected chi connectivity index (χ2v) is 10.7. The van der Waals surface area contributed by atoms with Gasteiger partial charge in [-0.2, -0.15) is 0 Å². The van der Waals surface area contributed by atoms with Crippen molar-refractivity contribution < 1.29 is 23.8 Å². The minimum atomic E-state index is 0.0257. The van der Waals surface area contributed by atoms with Gasteiger partial charge in [0.1, 0.15) is 11.4 Å². The summed E-state index contributed by atoms with van der Waals surface area (Å²) in [4.78, 5) is 30.7. The fraction of sp³-hybridized carbons (Fsp3) is 0.419. The van der Waals surface area contributed by atoms with Crippen molar-refractivity contribution >= 4 is 28.8 Å². The summed E-state index contributed by atoms with van der Waals surface area (Å²) < 4.78 is 18.3. The number of benzene rings is 2. The Morgan fingerprint density at radius 3 is 2.10 bits per heavy atom. The van der Waals surface area contributed by atoms with E-state index in [0.717, 1.165) is 54.5 Å². The molecule has 206 valence electrons. The Morgan fingerprint density at radius 1 is 0.846 bits per heavy atom. The number of hydrogen-bond donors (Lipinski definition) is 0. The van der Waals surface area contributed by atoms with E-state index >= 15 is 0 Å². The van der Waals surface area contributed by atoms with Gasteiger partial charge in [0.05, 0.1) is 21.3 Å². The summed E-state index contributed by atoms with van der Waals surface area (Å²) in [6.07, 6.45) is 4.61. The summed E-state index contributed by atoms with van der Waals surface area (Å²) in [7, 11) is 6.71. The van der Waals surface area contributed by atoms with Gasteiger partial charge in [-0.25, -0.2) is 0 Å². The molecule has 0 aliphatic carbocycles. The molecule has 0 atom stereocenters. The third kappa shape index (κ3) is 4.95. The lowest BCUT2D eigenvalue weighted by atomic mass is 9.77. The van der Waals surface area contributed by atoms with Gasteiger partial charge in [-0.15, -0.1) is 0 Å². The molecule has 2 saturated heterocycles. The van der Waals surface area contributed by atoms with Crippen molar-refractivity contribution in [3.63, 3.8) is 0 Å². The third-order valence-corrected chi connectivity index (χ3v) is 8.45. The number of methoxy groups -OCH3 is 3. The number of likely N-dealkylation sites (tertiary alicyclic amines) is 2. The highest BCUT2D eigenvalue weighted by molar-refractivity contribution is 5.99. The van der Waals surface area contributed by atoms with E-state index in [2.05, 4.69) is 0 Å². The van der Waals surface area contributed by atoms with Gasteiger partial charge < -0.3 is 28.6 Å². The molecule has 2 aliphatic heterocycles. The van der Waals surface area contributed by atoms with Crippen molar-refractivity contribution in [2.24, 2.45) is 12.5 Å². The average Bonchev–Trinajstić information content (AvgIpc) is 3.53. The Bertz CT molecular complexity index is 1430. The van der Waals surface area contributed by atoms with Crippen LogP contribution in [0.1, 0.15) is 42.2 Å². The van der Waals surface area contributed by atoms with Crippen LogP contribution in [0.3, 0.4) is 0 Å². The van der Waals surface area contributed by atoms with Crippen molar-refractivity contribution in [1.82, 2.24) is 14.4 Å². The molecular formula is C31H37N3O5. The fourth-order valence-corrected chi connectivity index (χ4v) is 6.07. The number of ether oxygens (including phenoxy) is 3. The molecule has 3 aromatic rings. The SMILES string of the molecule is COc1cc(OC)c(OC)cc1C=C(C)C(=O)N1CCC2(CCN(C(=O)c3cc4ccccc4n3C)CC2)C1. The zero-order valence-electron chi connectivity index (χ0n) is 23.5. The maximum Gasteiger partial charge on any atom is 0.270 e. The first-order chi connectivity index (χ1) is 18.8. The molecule has 3 heterocycles. The Balaban J connectivity index is 1.24. The molecule has 8 heteroatoms. The number of aromatic nitrogens is 1. The second-order valence-electron chi connectivity index (χ2n) is 10.7. The summed E-state index contributed by atoms with van der Waals surface area (Å²) in [5.74, 6) is 1.87. The normalized spacial score (nSPS) is 17.1. The number of carbonyl (C=O) groups is 2. The minimum absolute atomic E-state index is 0.0257. The number of rotatable bonds is 6. The highest BCUT2D eigenvalue weighted by Crippen LogP contribution is 2.41. The zero-order chi connectivity index (χ0) is 27.7. The van der Waals surface area contributed by atoms with E-state index in [0.29, 0.717) is 35.9 Å². The van der Waals surface area contributed by atoms with E-state index in [1.807, 2.05) is 70.8 Å². The maximum atomic E-state index is 13.4. The van der Waals surface area contributed by atoms with Gasteiger partial charge in [-0.1, -0.05) is 18.2 Å². The molecule has 0 radical (unpaired) electrons. The molecule has 0 N–H and O–H groups in total. The third-order valence-electron chi connectivity index (χ3n) is 8.45. The van der Waals surface area contributed by atoms with Crippen LogP contribution in [-0.2, 0) is 11.8 Å². The largest absolute Gasteiger partial charge is 0.496 e. The minimum Gasteiger partial charge on any atom is -0.496 e. The van der Waals surface area contributed by atoms with Gasteiger partial charge in [0.2, 0.25) is 5.91 Å². The van der Waals surface area contributed by atoms with Gasteiger partial charge in [0.25, 0.3) is 5.91 Å².